The minimum atomic E-state index is -0.578. The molecule has 9 nitrogen and oxygen atoms in total. The van der Waals surface area contributed by atoms with Crippen LogP contribution < -0.4 is 19.7 Å². The average Bonchev–Trinajstić information content (AvgIpc) is 3.48. The van der Waals surface area contributed by atoms with E-state index < -0.39 is 11.9 Å². The van der Waals surface area contributed by atoms with E-state index in [2.05, 4.69) is 10.3 Å². The highest BCUT2D eigenvalue weighted by molar-refractivity contribution is 7.18. The molecule has 35 heavy (non-hydrogen) atoms. The van der Waals surface area contributed by atoms with Crippen molar-refractivity contribution in [1.82, 2.24) is 4.98 Å². The van der Waals surface area contributed by atoms with Gasteiger partial charge in [-0.05, 0) is 19.1 Å². The fourth-order valence-corrected chi connectivity index (χ4v) is 4.72. The Hall–Kier alpha value is -3.92. The maximum Gasteiger partial charge on any atom is 0.350 e. The molecular weight excluding hydrogens is 470 g/mol. The number of hydrogen-bond donors (Lipinski definition) is 1. The van der Waals surface area contributed by atoms with Crippen LogP contribution in [0.2, 0.25) is 0 Å². The largest absolute Gasteiger partial charge is 0.493 e. The Kier molecular flexibility index (Phi) is 7.31. The van der Waals surface area contributed by atoms with Gasteiger partial charge < -0.3 is 24.4 Å². The summed E-state index contributed by atoms with van der Waals surface area (Å²) in [5.74, 6) is -0.550. The number of methoxy groups -OCH3 is 2. The zero-order chi connectivity index (χ0) is 24.9. The number of aromatic nitrogens is 1. The lowest BCUT2D eigenvalue weighted by Gasteiger charge is -2.18. The SMILES string of the molecule is CCOC(=O)c1sc(NC(=O)C2CC(=O)N(c3ccc(OC)c(OC)c3)C2)nc1-c1ccccc1. The van der Waals surface area contributed by atoms with Crippen molar-refractivity contribution in [2.75, 3.05) is 37.6 Å². The van der Waals surface area contributed by atoms with Gasteiger partial charge in [-0.3, -0.25) is 9.59 Å². The summed E-state index contributed by atoms with van der Waals surface area (Å²) < 4.78 is 15.7. The third-order valence-electron chi connectivity index (χ3n) is 5.54. The molecule has 1 unspecified atom stereocenters. The lowest BCUT2D eigenvalue weighted by Crippen LogP contribution is -2.28. The Morgan fingerprint density at radius 2 is 1.86 bits per heavy atom. The standard InChI is InChI=1S/C25H25N3O6S/c1-4-34-24(31)22-21(15-8-6-5-7-9-15)26-25(35-22)27-23(30)16-12-20(29)28(14-16)17-10-11-18(32-2)19(13-17)33-3/h5-11,13,16H,4,12,14H2,1-3H3,(H,26,27,30). The molecule has 2 heterocycles. The molecule has 2 aromatic carbocycles. The van der Waals surface area contributed by atoms with Gasteiger partial charge in [0.2, 0.25) is 11.8 Å². The molecule has 182 valence electrons. The number of hydrogen-bond acceptors (Lipinski definition) is 8. The third-order valence-corrected chi connectivity index (χ3v) is 6.49. The molecular formula is C25H25N3O6S. The number of nitrogens with one attached hydrogen (secondary N) is 1. The van der Waals surface area contributed by atoms with Gasteiger partial charge in [-0.15, -0.1) is 0 Å². The van der Waals surface area contributed by atoms with Crippen LogP contribution in [0.5, 0.6) is 11.5 Å². The van der Waals surface area contributed by atoms with Gasteiger partial charge in [-0.25, -0.2) is 9.78 Å². The molecule has 0 saturated carbocycles. The molecule has 1 aliphatic heterocycles. The number of anilines is 2. The summed E-state index contributed by atoms with van der Waals surface area (Å²) >= 11 is 1.05. The topological polar surface area (TPSA) is 107 Å². The number of benzene rings is 2. The number of nitrogens with zero attached hydrogens (tertiary/aromatic N) is 2. The number of carbonyl (C=O) groups excluding carboxylic acids is 3. The minimum Gasteiger partial charge on any atom is -0.493 e. The highest BCUT2D eigenvalue weighted by Crippen LogP contribution is 2.35. The fourth-order valence-electron chi connectivity index (χ4n) is 3.83. The van der Waals surface area contributed by atoms with Gasteiger partial charge in [-0.1, -0.05) is 41.7 Å². The zero-order valence-electron chi connectivity index (χ0n) is 19.6. The molecule has 0 bridgehead atoms. The second kappa shape index (κ2) is 10.6. The number of esters is 1. The smallest absolute Gasteiger partial charge is 0.350 e. The summed E-state index contributed by atoms with van der Waals surface area (Å²) in [4.78, 5) is 44.6. The first-order valence-corrected chi connectivity index (χ1v) is 11.8. The molecule has 2 amide bonds. The van der Waals surface area contributed by atoms with Crippen molar-refractivity contribution in [3.63, 3.8) is 0 Å². The lowest BCUT2D eigenvalue weighted by molar-refractivity contribution is -0.122. The Balaban J connectivity index is 1.52. The lowest BCUT2D eigenvalue weighted by atomic mass is 10.1. The van der Waals surface area contributed by atoms with Gasteiger partial charge in [0.15, 0.2) is 16.6 Å². The summed E-state index contributed by atoms with van der Waals surface area (Å²) in [5, 5.41) is 3.05. The molecule has 1 atom stereocenters. The highest BCUT2D eigenvalue weighted by atomic mass is 32.1. The summed E-state index contributed by atoms with van der Waals surface area (Å²) in [5.41, 5.74) is 1.80. The van der Waals surface area contributed by atoms with Gasteiger partial charge in [0.05, 0.1) is 32.4 Å². The molecule has 10 heteroatoms. The summed E-state index contributed by atoms with van der Waals surface area (Å²) in [7, 11) is 3.06. The van der Waals surface area contributed by atoms with Crippen LogP contribution in [0.1, 0.15) is 23.0 Å². The maximum absolute atomic E-state index is 13.0. The predicted molar refractivity (Wildman–Crippen MR) is 132 cm³/mol. The number of ether oxygens (including phenoxy) is 3. The summed E-state index contributed by atoms with van der Waals surface area (Å²) in [6.45, 7) is 2.16. The second-order valence-electron chi connectivity index (χ2n) is 7.72. The monoisotopic (exact) mass is 495 g/mol. The van der Waals surface area contributed by atoms with Crippen molar-refractivity contribution in [3.8, 4) is 22.8 Å². The predicted octanol–water partition coefficient (Wildman–Crippen LogP) is 4.00. The van der Waals surface area contributed by atoms with Crippen LogP contribution in [-0.4, -0.2) is 50.1 Å². The van der Waals surface area contributed by atoms with Crippen molar-refractivity contribution in [3.05, 3.63) is 53.4 Å². The maximum atomic E-state index is 13.0. The molecule has 1 N–H and O–H groups in total. The number of amides is 2. The van der Waals surface area contributed by atoms with Crippen molar-refractivity contribution in [2.45, 2.75) is 13.3 Å². The molecule has 1 saturated heterocycles. The van der Waals surface area contributed by atoms with Crippen molar-refractivity contribution in [2.24, 2.45) is 5.92 Å². The van der Waals surface area contributed by atoms with Crippen LogP contribution in [0.15, 0.2) is 48.5 Å². The van der Waals surface area contributed by atoms with E-state index >= 15 is 0 Å². The van der Waals surface area contributed by atoms with Gasteiger partial charge in [-0.2, -0.15) is 0 Å². The van der Waals surface area contributed by atoms with E-state index in [1.807, 2.05) is 30.3 Å². The Morgan fingerprint density at radius 3 is 2.54 bits per heavy atom. The van der Waals surface area contributed by atoms with Gasteiger partial charge in [0.25, 0.3) is 0 Å². The third kappa shape index (κ3) is 5.12. The van der Waals surface area contributed by atoms with E-state index in [4.69, 9.17) is 14.2 Å². The van der Waals surface area contributed by atoms with E-state index in [1.54, 1.807) is 30.0 Å². The Labute approximate surface area is 206 Å². The van der Waals surface area contributed by atoms with Crippen LogP contribution in [-0.2, 0) is 14.3 Å². The summed E-state index contributed by atoms with van der Waals surface area (Å²) in [6.07, 6.45) is 0.0574. The normalized spacial score (nSPS) is 15.1. The zero-order valence-corrected chi connectivity index (χ0v) is 20.4. The summed E-state index contributed by atoms with van der Waals surface area (Å²) in [6, 6.07) is 14.4. The van der Waals surface area contributed by atoms with E-state index in [-0.39, 0.29) is 36.5 Å². The first kappa shape index (κ1) is 24.2. The second-order valence-corrected chi connectivity index (χ2v) is 8.72. The van der Waals surface area contributed by atoms with Gasteiger partial charge in [0.1, 0.15) is 4.88 Å². The molecule has 3 aromatic rings. The van der Waals surface area contributed by atoms with Crippen LogP contribution in [0.25, 0.3) is 11.3 Å². The molecule has 4 rings (SSSR count). The Morgan fingerprint density at radius 1 is 1.11 bits per heavy atom. The van der Waals surface area contributed by atoms with Crippen LogP contribution in [0.3, 0.4) is 0 Å². The van der Waals surface area contributed by atoms with Crippen molar-refractivity contribution >= 4 is 39.9 Å². The minimum absolute atomic E-state index is 0.0574. The molecule has 1 fully saturated rings. The molecule has 0 aliphatic carbocycles. The first-order valence-electron chi connectivity index (χ1n) is 11.0. The van der Waals surface area contributed by atoms with E-state index in [0.29, 0.717) is 27.8 Å². The van der Waals surface area contributed by atoms with Gasteiger partial charge in [0, 0.05) is 30.3 Å². The highest BCUT2D eigenvalue weighted by Gasteiger charge is 2.36. The molecule has 0 radical (unpaired) electrons. The van der Waals surface area contributed by atoms with Crippen molar-refractivity contribution < 1.29 is 28.6 Å². The van der Waals surface area contributed by atoms with E-state index in [9.17, 15) is 14.4 Å². The van der Waals surface area contributed by atoms with Crippen molar-refractivity contribution in [1.29, 1.82) is 0 Å². The number of thiazole rings is 1. The quantitative estimate of drug-likeness (QED) is 0.471. The first-order chi connectivity index (χ1) is 16.9. The van der Waals surface area contributed by atoms with Crippen LogP contribution in [0, 0.1) is 5.92 Å². The van der Waals surface area contributed by atoms with E-state index in [0.717, 1.165) is 16.9 Å². The number of carbonyl (C=O) groups is 3. The van der Waals surface area contributed by atoms with Crippen LogP contribution in [0.4, 0.5) is 10.8 Å². The fraction of sp³-hybridized carbons (Fsp3) is 0.280. The average molecular weight is 496 g/mol. The molecule has 1 aliphatic rings. The van der Waals surface area contributed by atoms with Crippen LogP contribution >= 0.6 is 11.3 Å². The van der Waals surface area contributed by atoms with E-state index in [1.165, 1.54) is 14.2 Å². The number of rotatable bonds is 8. The molecule has 0 spiro atoms. The molecule has 1 aromatic heterocycles. The Bertz CT molecular complexity index is 1240. The van der Waals surface area contributed by atoms with Gasteiger partial charge >= 0.3 is 5.97 Å².